The molecule has 1 aromatic heterocycles. The molecule has 13 heteroatoms. The lowest BCUT2D eigenvalue weighted by Gasteiger charge is -2.27. The highest BCUT2D eigenvalue weighted by Crippen LogP contribution is 2.38. The molecule has 5 rings (SSSR count). The van der Waals surface area contributed by atoms with E-state index >= 15 is 4.39 Å². The summed E-state index contributed by atoms with van der Waals surface area (Å²) in [7, 11) is 2.00. The molecular formula is C29H33F4N7O2. The number of anilines is 3. The Morgan fingerprint density at radius 3 is 2.57 bits per heavy atom. The SMILES string of the molecule is C=C1C=C(C(F)(F)F)C(C(=O)Nc2cc(-c3cnc(N4CCOCC4)nc3)c(F)cc2N2CCC(N(C)CC)C2)=CN1. The highest BCUT2D eigenvalue weighted by Gasteiger charge is 2.40. The third-order valence-electron chi connectivity index (χ3n) is 7.76. The van der Waals surface area contributed by atoms with Crippen LogP contribution in [0.4, 0.5) is 34.9 Å². The van der Waals surface area contributed by atoms with Crippen LogP contribution in [0.5, 0.6) is 0 Å². The lowest BCUT2D eigenvalue weighted by Crippen LogP contribution is -2.37. The van der Waals surface area contributed by atoms with Crippen LogP contribution in [0.2, 0.25) is 0 Å². The Hall–Kier alpha value is -3.97. The zero-order valence-electron chi connectivity index (χ0n) is 23.5. The lowest BCUT2D eigenvalue weighted by atomic mass is 10.0. The van der Waals surface area contributed by atoms with Crippen molar-refractivity contribution in [3.63, 3.8) is 0 Å². The third-order valence-corrected chi connectivity index (χ3v) is 7.76. The summed E-state index contributed by atoms with van der Waals surface area (Å²) in [5, 5.41) is 5.21. The van der Waals surface area contributed by atoms with Crippen LogP contribution < -0.4 is 20.4 Å². The maximum Gasteiger partial charge on any atom is 0.417 e. The van der Waals surface area contributed by atoms with Gasteiger partial charge in [0, 0.05) is 67.6 Å². The molecule has 0 aliphatic carbocycles. The predicted octanol–water partition coefficient (Wildman–Crippen LogP) is 4.08. The van der Waals surface area contributed by atoms with Crippen molar-refractivity contribution in [2.24, 2.45) is 0 Å². The first-order chi connectivity index (χ1) is 20.0. The van der Waals surface area contributed by atoms with Gasteiger partial charge in [0.15, 0.2) is 0 Å². The van der Waals surface area contributed by atoms with Crippen LogP contribution in [-0.2, 0) is 9.53 Å². The smallest absolute Gasteiger partial charge is 0.378 e. The molecule has 2 N–H and O–H groups in total. The molecule has 0 bridgehead atoms. The summed E-state index contributed by atoms with van der Waals surface area (Å²) in [6.07, 6.45) is 0.782. The zero-order chi connectivity index (χ0) is 30.0. The van der Waals surface area contributed by atoms with E-state index in [4.69, 9.17) is 4.74 Å². The normalized spacial score (nSPS) is 19.5. The fourth-order valence-electron chi connectivity index (χ4n) is 5.26. The first-order valence-electron chi connectivity index (χ1n) is 13.7. The second-order valence-corrected chi connectivity index (χ2v) is 10.4. The van der Waals surface area contributed by atoms with Crippen LogP contribution in [0, 0.1) is 5.82 Å². The summed E-state index contributed by atoms with van der Waals surface area (Å²) in [5.74, 6) is -1.07. The molecule has 3 aliphatic rings. The molecule has 0 radical (unpaired) electrons. The molecule has 0 spiro atoms. The highest BCUT2D eigenvalue weighted by molar-refractivity contribution is 6.09. The topological polar surface area (TPSA) is 85.9 Å². The Labute approximate surface area is 241 Å². The number of benzene rings is 1. The number of hydrogen-bond acceptors (Lipinski definition) is 8. The van der Waals surface area contributed by atoms with E-state index in [0.29, 0.717) is 56.6 Å². The Balaban J connectivity index is 1.49. The molecule has 4 heterocycles. The van der Waals surface area contributed by atoms with Gasteiger partial charge in [0.05, 0.1) is 35.7 Å². The van der Waals surface area contributed by atoms with E-state index in [-0.39, 0.29) is 23.0 Å². The quantitative estimate of drug-likeness (QED) is 0.469. The molecular weight excluding hydrogens is 554 g/mol. The molecule has 42 heavy (non-hydrogen) atoms. The highest BCUT2D eigenvalue weighted by atomic mass is 19.4. The van der Waals surface area contributed by atoms with Crippen molar-refractivity contribution in [1.29, 1.82) is 0 Å². The van der Waals surface area contributed by atoms with Gasteiger partial charge in [0.25, 0.3) is 5.91 Å². The number of carbonyl (C=O) groups excluding carboxylic acids is 1. The summed E-state index contributed by atoms with van der Waals surface area (Å²) < 4.78 is 62.4. The Morgan fingerprint density at radius 1 is 1.19 bits per heavy atom. The van der Waals surface area contributed by atoms with E-state index in [1.165, 1.54) is 24.5 Å². The van der Waals surface area contributed by atoms with Crippen molar-refractivity contribution >= 4 is 23.2 Å². The van der Waals surface area contributed by atoms with Gasteiger partial charge in [-0.3, -0.25) is 4.79 Å². The average molecular weight is 588 g/mol. The molecule has 224 valence electrons. The van der Waals surface area contributed by atoms with Gasteiger partial charge in [-0.05, 0) is 38.2 Å². The maximum atomic E-state index is 15.7. The largest absolute Gasteiger partial charge is 0.417 e. The van der Waals surface area contributed by atoms with E-state index in [2.05, 4.69) is 32.1 Å². The molecule has 2 aromatic rings. The number of amides is 1. The van der Waals surface area contributed by atoms with Crippen molar-refractivity contribution in [3.8, 4) is 11.1 Å². The van der Waals surface area contributed by atoms with E-state index in [1.54, 1.807) is 0 Å². The lowest BCUT2D eigenvalue weighted by molar-refractivity contribution is -0.115. The first kappa shape index (κ1) is 29.5. The molecule has 1 aromatic carbocycles. The Morgan fingerprint density at radius 2 is 1.90 bits per heavy atom. The number of aromatic nitrogens is 2. The predicted molar refractivity (Wildman–Crippen MR) is 153 cm³/mol. The Kier molecular flexibility index (Phi) is 8.50. The summed E-state index contributed by atoms with van der Waals surface area (Å²) in [6.45, 7) is 9.92. The van der Waals surface area contributed by atoms with Gasteiger partial charge in [-0.2, -0.15) is 13.2 Å². The minimum absolute atomic E-state index is 0.00677. The fourth-order valence-corrected chi connectivity index (χ4v) is 5.26. The van der Waals surface area contributed by atoms with Crippen molar-refractivity contribution < 1.29 is 27.1 Å². The van der Waals surface area contributed by atoms with E-state index < -0.39 is 29.0 Å². The molecule has 2 saturated heterocycles. The Bertz CT molecular complexity index is 1400. The molecule has 3 aliphatic heterocycles. The van der Waals surface area contributed by atoms with Crippen LogP contribution >= 0.6 is 0 Å². The van der Waals surface area contributed by atoms with Crippen molar-refractivity contribution in [2.45, 2.75) is 25.6 Å². The van der Waals surface area contributed by atoms with Crippen LogP contribution in [0.3, 0.4) is 0 Å². The molecule has 1 amide bonds. The second kappa shape index (κ2) is 12.1. The summed E-state index contributed by atoms with van der Waals surface area (Å²) in [5.41, 5.74) is -0.677. The average Bonchev–Trinajstić information content (AvgIpc) is 3.48. The number of ether oxygens (including phenoxy) is 1. The monoisotopic (exact) mass is 587 g/mol. The van der Waals surface area contributed by atoms with Gasteiger partial charge in [-0.15, -0.1) is 0 Å². The number of alkyl halides is 3. The molecule has 2 fully saturated rings. The van der Waals surface area contributed by atoms with Crippen LogP contribution in [-0.4, -0.2) is 86.0 Å². The number of morpholine rings is 1. The first-order valence-corrected chi connectivity index (χ1v) is 13.7. The zero-order valence-corrected chi connectivity index (χ0v) is 23.5. The second-order valence-electron chi connectivity index (χ2n) is 10.4. The summed E-state index contributed by atoms with van der Waals surface area (Å²) >= 11 is 0. The number of rotatable bonds is 7. The number of nitrogens with zero attached hydrogens (tertiary/aromatic N) is 5. The van der Waals surface area contributed by atoms with E-state index in [9.17, 15) is 18.0 Å². The number of hydrogen-bond donors (Lipinski definition) is 2. The van der Waals surface area contributed by atoms with Crippen LogP contribution in [0.1, 0.15) is 13.3 Å². The van der Waals surface area contributed by atoms with Gasteiger partial charge in [0.2, 0.25) is 5.95 Å². The standard InChI is InChI=1S/C29H33F4N7O2/c1-4-38(3)20-5-6-40(17-20)26-13-24(30)21(19-14-35-28(36-15-19)39-7-9-42-10-8-39)12-25(26)37-27(41)22-16-34-18(2)11-23(22)29(31,32)33/h11-16,20,34H,2,4-10,17H2,1,3H3,(H,37,41). The summed E-state index contributed by atoms with van der Waals surface area (Å²) in [4.78, 5) is 28.2. The number of allylic oxidation sites excluding steroid dienone is 1. The molecule has 9 nitrogen and oxygen atoms in total. The van der Waals surface area contributed by atoms with Crippen molar-refractivity contribution in [2.75, 3.05) is 68.1 Å². The van der Waals surface area contributed by atoms with Crippen molar-refractivity contribution in [1.82, 2.24) is 20.2 Å². The number of halogens is 4. The van der Waals surface area contributed by atoms with Gasteiger partial charge in [0.1, 0.15) is 5.82 Å². The number of dihydropyridines is 1. The number of likely N-dealkylation sites (N-methyl/N-ethyl adjacent to an activating group) is 1. The number of nitrogens with one attached hydrogen (secondary N) is 2. The number of carbonyl (C=O) groups is 1. The third kappa shape index (κ3) is 6.26. The van der Waals surface area contributed by atoms with E-state index in [0.717, 1.165) is 25.2 Å². The molecule has 1 atom stereocenters. The summed E-state index contributed by atoms with van der Waals surface area (Å²) in [6, 6.07) is 2.95. The van der Waals surface area contributed by atoms with Gasteiger partial charge in [-0.25, -0.2) is 14.4 Å². The van der Waals surface area contributed by atoms with Crippen LogP contribution in [0.25, 0.3) is 11.1 Å². The van der Waals surface area contributed by atoms with E-state index in [1.807, 2.05) is 23.8 Å². The van der Waals surface area contributed by atoms with Crippen molar-refractivity contribution in [3.05, 3.63) is 66.0 Å². The minimum Gasteiger partial charge on any atom is -0.378 e. The van der Waals surface area contributed by atoms with Gasteiger partial charge >= 0.3 is 6.18 Å². The minimum atomic E-state index is -4.78. The van der Waals surface area contributed by atoms with Gasteiger partial charge in [-0.1, -0.05) is 13.5 Å². The fraction of sp³-hybridized carbons (Fsp3) is 0.414. The molecule has 1 unspecified atom stereocenters. The van der Waals surface area contributed by atoms with Gasteiger partial charge < -0.3 is 30.1 Å². The van der Waals surface area contributed by atoms with Crippen LogP contribution in [0.15, 0.2) is 60.2 Å². The molecule has 0 saturated carbocycles. The maximum absolute atomic E-state index is 15.7.